The van der Waals surface area contributed by atoms with Crippen LogP contribution >= 0.6 is 11.3 Å². The zero-order chi connectivity index (χ0) is 23.7. The molecule has 2 aliphatic rings. The molecule has 1 unspecified atom stereocenters. The Labute approximate surface area is 200 Å². The van der Waals surface area contributed by atoms with Crippen LogP contribution < -0.4 is 5.32 Å². The molecule has 1 atom stereocenters. The lowest BCUT2D eigenvalue weighted by atomic mass is 9.73. The van der Waals surface area contributed by atoms with Gasteiger partial charge >= 0.3 is 6.03 Å². The van der Waals surface area contributed by atoms with Crippen molar-refractivity contribution in [1.82, 2.24) is 20.1 Å². The zero-order valence-corrected chi connectivity index (χ0v) is 19.1. The maximum Gasteiger partial charge on any atom is 0.325 e. The second-order valence-electron chi connectivity index (χ2n) is 8.58. The number of urea groups is 1. The van der Waals surface area contributed by atoms with Crippen LogP contribution in [-0.4, -0.2) is 45.7 Å². The predicted octanol–water partition coefficient (Wildman–Crippen LogP) is 3.78. The lowest BCUT2D eigenvalue weighted by Gasteiger charge is -2.41. The molecule has 2 aliphatic heterocycles. The number of aromatic nitrogens is 1. The Bertz CT molecular complexity index is 1210. The molecule has 1 N–H and O–H groups in total. The molecular weight excluding hydrogens is 455 g/mol. The molecule has 7 nitrogen and oxygen atoms in total. The first-order chi connectivity index (χ1) is 16.5. The molecule has 2 fully saturated rings. The van der Waals surface area contributed by atoms with E-state index >= 15 is 0 Å². The van der Waals surface area contributed by atoms with Gasteiger partial charge in [-0.3, -0.25) is 19.5 Å². The van der Waals surface area contributed by atoms with Gasteiger partial charge in [0.25, 0.3) is 11.8 Å². The minimum atomic E-state index is -1.24. The Kier molecular flexibility index (Phi) is 5.87. The Balaban J connectivity index is 1.40. The van der Waals surface area contributed by atoms with Gasteiger partial charge in [0.15, 0.2) is 5.54 Å². The monoisotopic (exact) mass is 478 g/mol. The number of imide groups is 1. The van der Waals surface area contributed by atoms with Crippen molar-refractivity contribution in [2.75, 3.05) is 13.1 Å². The largest absolute Gasteiger partial charge is 0.339 e. The van der Waals surface area contributed by atoms with Crippen molar-refractivity contribution in [3.8, 4) is 0 Å². The van der Waals surface area contributed by atoms with Crippen LogP contribution in [0.2, 0.25) is 0 Å². The summed E-state index contributed by atoms with van der Waals surface area (Å²) in [6.45, 7) is 0.999. The summed E-state index contributed by atoms with van der Waals surface area (Å²) in [5.74, 6) is -1.22. The van der Waals surface area contributed by atoms with Gasteiger partial charge in [0.05, 0.1) is 6.54 Å². The van der Waals surface area contributed by atoms with E-state index in [0.717, 1.165) is 5.56 Å². The summed E-state index contributed by atoms with van der Waals surface area (Å²) in [7, 11) is 0. The second kappa shape index (κ2) is 8.98. The smallest absolute Gasteiger partial charge is 0.325 e. The van der Waals surface area contributed by atoms with Crippen molar-refractivity contribution in [1.29, 1.82) is 0 Å². The summed E-state index contributed by atoms with van der Waals surface area (Å²) < 4.78 is 13.6. The van der Waals surface area contributed by atoms with E-state index in [-0.39, 0.29) is 24.3 Å². The van der Waals surface area contributed by atoms with Gasteiger partial charge in [0.2, 0.25) is 0 Å². The van der Waals surface area contributed by atoms with Gasteiger partial charge < -0.3 is 10.2 Å². The van der Waals surface area contributed by atoms with Crippen molar-refractivity contribution in [2.45, 2.75) is 24.9 Å². The number of thiophene rings is 1. The molecule has 4 amide bonds. The highest BCUT2D eigenvalue weighted by Crippen LogP contribution is 2.41. The van der Waals surface area contributed by atoms with E-state index in [1.54, 1.807) is 29.4 Å². The van der Waals surface area contributed by atoms with Crippen LogP contribution in [0.15, 0.2) is 65.6 Å². The number of rotatable bonds is 5. The molecule has 0 aliphatic carbocycles. The number of nitrogens with zero attached hydrogens (tertiary/aromatic N) is 3. The molecular formula is C25H23FN4O3S. The van der Waals surface area contributed by atoms with Crippen molar-refractivity contribution < 1.29 is 18.8 Å². The molecule has 0 bridgehead atoms. The number of amides is 4. The fourth-order valence-electron chi connectivity index (χ4n) is 4.93. The quantitative estimate of drug-likeness (QED) is 0.566. The summed E-state index contributed by atoms with van der Waals surface area (Å²) in [6, 6.07) is 10.7. The molecule has 5 rings (SSSR count). The summed E-state index contributed by atoms with van der Waals surface area (Å²) in [4.78, 5) is 46.9. The molecule has 2 aromatic heterocycles. The van der Waals surface area contributed by atoms with Crippen molar-refractivity contribution in [2.24, 2.45) is 5.92 Å². The Morgan fingerprint density at radius 2 is 2.00 bits per heavy atom. The van der Waals surface area contributed by atoms with Crippen molar-refractivity contribution >= 4 is 29.2 Å². The maximum absolute atomic E-state index is 13.8. The Hall–Kier alpha value is -3.59. The first-order valence-corrected chi connectivity index (χ1v) is 12.0. The Morgan fingerprint density at radius 3 is 2.68 bits per heavy atom. The highest BCUT2D eigenvalue weighted by molar-refractivity contribution is 7.07. The van der Waals surface area contributed by atoms with Crippen LogP contribution in [-0.2, 0) is 16.9 Å². The van der Waals surface area contributed by atoms with E-state index in [4.69, 9.17) is 0 Å². The number of hydrogen-bond donors (Lipinski definition) is 1. The number of piperidine rings is 1. The molecule has 4 heterocycles. The third-order valence-electron chi connectivity index (χ3n) is 6.64. The number of carbonyl (C=O) groups excluding carboxylic acids is 3. The van der Waals surface area contributed by atoms with Crippen LogP contribution in [0, 0.1) is 11.7 Å². The molecule has 3 aromatic rings. The molecule has 1 aromatic carbocycles. The van der Waals surface area contributed by atoms with E-state index < -0.39 is 17.4 Å². The van der Waals surface area contributed by atoms with Crippen LogP contribution in [0.3, 0.4) is 0 Å². The van der Waals surface area contributed by atoms with E-state index in [1.165, 1.54) is 34.4 Å². The lowest BCUT2D eigenvalue weighted by Crippen LogP contribution is -2.54. The fraction of sp³-hybridized carbons (Fsp3) is 0.280. The molecule has 34 heavy (non-hydrogen) atoms. The van der Waals surface area contributed by atoms with Gasteiger partial charge in [0, 0.05) is 36.6 Å². The molecule has 0 saturated carbocycles. The number of benzene rings is 1. The van der Waals surface area contributed by atoms with Crippen molar-refractivity contribution in [3.05, 3.63) is 88.1 Å². The minimum Gasteiger partial charge on any atom is -0.339 e. The van der Waals surface area contributed by atoms with Crippen LogP contribution in [0.1, 0.15) is 34.3 Å². The third-order valence-corrected chi connectivity index (χ3v) is 7.37. The van der Waals surface area contributed by atoms with E-state index in [0.29, 0.717) is 37.1 Å². The third kappa shape index (κ3) is 3.86. The average Bonchev–Trinajstić information content (AvgIpc) is 3.47. The molecule has 2 saturated heterocycles. The highest BCUT2D eigenvalue weighted by Gasteiger charge is 2.57. The van der Waals surface area contributed by atoms with Gasteiger partial charge in [-0.15, -0.1) is 0 Å². The molecule has 0 spiro atoms. The molecule has 174 valence electrons. The Morgan fingerprint density at radius 1 is 1.18 bits per heavy atom. The SMILES string of the molecule is O=C(c1cccc(F)c1)N1CCC(C2(c3cccnc3)NC(=O)N(Cc3ccsc3)C2=O)CC1. The topological polar surface area (TPSA) is 82.6 Å². The van der Waals surface area contributed by atoms with E-state index in [9.17, 15) is 18.8 Å². The van der Waals surface area contributed by atoms with Crippen LogP contribution in [0.4, 0.5) is 9.18 Å². The second-order valence-corrected chi connectivity index (χ2v) is 9.36. The summed E-state index contributed by atoms with van der Waals surface area (Å²) in [6.07, 6.45) is 4.26. The standard InChI is InChI=1S/C25H23FN4O3S/c26-21-5-1-3-18(13-21)22(31)29-10-6-19(7-11-29)25(20-4-2-9-27-14-20)23(32)30(24(33)28-25)15-17-8-12-34-16-17/h1-5,8-9,12-14,16,19H,6-7,10-11,15H2,(H,28,33). The average molecular weight is 479 g/mol. The van der Waals surface area contributed by atoms with Crippen LogP contribution in [0.25, 0.3) is 0 Å². The fourth-order valence-corrected chi connectivity index (χ4v) is 5.59. The lowest BCUT2D eigenvalue weighted by molar-refractivity contribution is -0.134. The van der Waals surface area contributed by atoms with Crippen LogP contribution in [0.5, 0.6) is 0 Å². The number of hydrogen-bond acceptors (Lipinski definition) is 5. The number of nitrogens with one attached hydrogen (secondary N) is 1. The minimum absolute atomic E-state index is 0.201. The maximum atomic E-state index is 13.8. The predicted molar refractivity (Wildman–Crippen MR) is 124 cm³/mol. The number of pyridine rings is 1. The summed E-state index contributed by atoms with van der Waals surface area (Å²) in [5.41, 5.74) is 0.588. The van der Waals surface area contributed by atoms with Crippen molar-refractivity contribution in [3.63, 3.8) is 0 Å². The summed E-state index contributed by atoms with van der Waals surface area (Å²) >= 11 is 1.51. The number of likely N-dealkylation sites (tertiary alicyclic amines) is 1. The van der Waals surface area contributed by atoms with E-state index in [1.807, 2.05) is 22.9 Å². The summed E-state index contributed by atoms with van der Waals surface area (Å²) in [5, 5.41) is 6.82. The van der Waals surface area contributed by atoms with Gasteiger partial charge in [-0.1, -0.05) is 12.1 Å². The number of halogens is 1. The van der Waals surface area contributed by atoms with Gasteiger partial charge in [-0.25, -0.2) is 9.18 Å². The van der Waals surface area contributed by atoms with E-state index in [2.05, 4.69) is 10.3 Å². The molecule has 0 radical (unpaired) electrons. The normalized spacial score (nSPS) is 21.1. The van der Waals surface area contributed by atoms with Gasteiger partial charge in [-0.05, 0) is 65.4 Å². The van der Waals surface area contributed by atoms with Gasteiger partial charge in [0.1, 0.15) is 5.82 Å². The highest BCUT2D eigenvalue weighted by atomic mass is 32.1. The first kappa shape index (κ1) is 22.2. The zero-order valence-electron chi connectivity index (χ0n) is 18.3. The number of carbonyl (C=O) groups is 3. The van der Waals surface area contributed by atoms with Gasteiger partial charge in [-0.2, -0.15) is 11.3 Å². The first-order valence-electron chi connectivity index (χ1n) is 11.1. The molecule has 9 heteroatoms.